The van der Waals surface area contributed by atoms with Crippen molar-refractivity contribution < 1.29 is 37.1 Å². The zero-order valence-electron chi connectivity index (χ0n) is 24.3. The maximum absolute atomic E-state index is 13.7. The molecule has 0 spiro atoms. The largest absolute Gasteiger partial charge is 0.483 e. The third-order valence-electron chi connectivity index (χ3n) is 8.11. The van der Waals surface area contributed by atoms with Crippen molar-refractivity contribution >= 4 is 35.8 Å². The topological polar surface area (TPSA) is 132 Å². The van der Waals surface area contributed by atoms with Gasteiger partial charge in [-0.1, -0.05) is 26.2 Å². The average Bonchev–Trinajstić information content (AvgIpc) is 3.32. The molecule has 2 saturated heterocycles. The lowest BCUT2D eigenvalue weighted by molar-refractivity contribution is -0.141. The summed E-state index contributed by atoms with van der Waals surface area (Å²) in [5.74, 6) is -0.514. The first-order valence-electron chi connectivity index (χ1n) is 14.8. The highest BCUT2D eigenvalue weighted by Gasteiger charge is 2.42. The molecule has 3 fully saturated rings. The molecule has 1 atom stereocenters. The molecule has 0 aromatic carbocycles. The van der Waals surface area contributed by atoms with Crippen molar-refractivity contribution in [3.05, 3.63) is 29.8 Å². The number of nitrogens with one attached hydrogen (secondary N) is 1. The lowest BCUT2D eigenvalue weighted by Crippen LogP contribution is -2.39. The van der Waals surface area contributed by atoms with Gasteiger partial charge in [0.25, 0.3) is 18.4 Å². The summed E-state index contributed by atoms with van der Waals surface area (Å²) in [6.07, 6.45) is 4.60. The second-order valence-corrected chi connectivity index (χ2v) is 11.3. The highest BCUT2D eigenvalue weighted by molar-refractivity contribution is 6.03. The number of nitrogens with zero attached hydrogens (tertiary/aromatic N) is 5. The van der Waals surface area contributed by atoms with Crippen molar-refractivity contribution in [1.82, 2.24) is 14.9 Å². The van der Waals surface area contributed by atoms with Crippen LogP contribution in [0.15, 0.2) is 22.7 Å². The van der Waals surface area contributed by atoms with Gasteiger partial charge in [0.1, 0.15) is 5.82 Å². The van der Waals surface area contributed by atoms with Crippen LogP contribution < -0.4 is 15.1 Å². The number of hydrogen-bond acceptors (Lipinski definition) is 8. The van der Waals surface area contributed by atoms with E-state index < -0.39 is 23.5 Å². The third kappa shape index (κ3) is 8.38. The molecule has 2 aromatic heterocycles. The van der Waals surface area contributed by atoms with Crippen LogP contribution in [0.2, 0.25) is 0 Å². The summed E-state index contributed by atoms with van der Waals surface area (Å²) >= 11 is 0. The molecule has 2 aromatic rings. The molecule has 5 rings (SSSR count). The van der Waals surface area contributed by atoms with Crippen LogP contribution in [-0.4, -0.2) is 77.5 Å². The van der Waals surface area contributed by atoms with Gasteiger partial charge in [-0.25, -0.2) is 4.98 Å². The van der Waals surface area contributed by atoms with E-state index in [2.05, 4.69) is 20.2 Å². The minimum atomic E-state index is -4.84. The highest BCUT2D eigenvalue weighted by Crippen LogP contribution is 2.35. The number of pyridine rings is 1. The maximum Gasteiger partial charge on any atom is 0.437 e. The predicted octanol–water partition coefficient (Wildman–Crippen LogP) is 4.90. The van der Waals surface area contributed by atoms with Gasteiger partial charge in [0.2, 0.25) is 11.7 Å². The lowest BCUT2D eigenvalue weighted by atomic mass is 9.88. The molecule has 1 saturated carbocycles. The number of amides is 2. The minimum absolute atomic E-state index is 0.142. The molecule has 236 valence electrons. The first-order valence-corrected chi connectivity index (χ1v) is 14.8. The first kappa shape index (κ1) is 32.1. The molecule has 2 amide bonds. The SMILES string of the molecule is CC1CCCN(c2nc(C(F)(F)F)c(C(=O)Nc3ccc(N4CCCN(C(=O)C5CCCCC5)CC4)nc3)o2)C1.O=CO. The van der Waals surface area contributed by atoms with Gasteiger partial charge in [-0.15, -0.1) is 0 Å². The van der Waals surface area contributed by atoms with Gasteiger partial charge in [-0.2, -0.15) is 18.2 Å². The van der Waals surface area contributed by atoms with E-state index in [-0.39, 0.29) is 30.0 Å². The van der Waals surface area contributed by atoms with Crippen molar-refractivity contribution in [1.29, 1.82) is 0 Å². The number of aromatic nitrogens is 2. The molecule has 3 aliphatic rings. The number of oxazole rings is 1. The van der Waals surface area contributed by atoms with Gasteiger partial charge < -0.3 is 29.5 Å². The molecular formula is C29H39F3N6O5. The molecule has 2 N–H and O–H groups in total. The fourth-order valence-electron chi connectivity index (χ4n) is 5.96. The second-order valence-electron chi connectivity index (χ2n) is 11.3. The molecule has 0 radical (unpaired) electrons. The van der Waals surface area contributed by atoms with Crippen LogP contribution >= 0.6 is 0 Å². The number of rotatable bonds is 5. The summed E-state index contributed by atoms with van der Waals surface area (Å²) in [5.41, 5.74) is -1.09. The fourth-order valence-corrected chi connectivity index (χ4v) is 5.96. The molecule has 14 heteroatoms. The van der Waals surface area contributed by atoms with Gasteiger partial charge >= 0.3 is 6.18 Å². The van der Waals surface area contributed by atoms with Crippen LogP contribution in [0, 0.1) is 11.8 Å². The molecule has 1 unspecified atom stereocenters. The summed E-state index contributed by atoms with van der Waals surface area (Å²) in [7, 11) is 0. The standard InChI is InChI=1S/C28H37F3N6O3.CH2O2/c1-19-7-5-12-37(18-19)27-34-24(28(29,30)31)23(40-27)25(38)33-21-10-11-22(32-17-21)35-13-6-14-36(16-15-35)26(39)20-8-3-2-4-9-20;2-1-3/h10-11,17,19-20H,2-9,12-16,18H2,1H3,(H,33,38);1H,(H,2,3). The number of hydrogen-bond donors (Lipinski definition) is 2. The van der Waals surface area contributed by atoms with E-state index in [0.717, 1.165) is 58.0 Å². The van der Waals surface area contributed by atoms with E-state index in [4.69, 9.17) is 14.3 Å². The Kier molecular flexibility index (Phi) is 10.9. The normalized spacial score (nSPS) is 20.1. The Morgan fingerprint density at radius 3 is 2.37 bits per heavy atom. The number of piperidine rings is 1. The van der Waals surface area contributed by atoms with E-state index in [0.29, 0.717) is 37.9 Å². The quantitative estimate of drug-likeness (QED) is 0.455. The zero-order chi connectivity index (χ0) is 31.0. The van der Waals surface area contributed by atoms with E-state index in [1.54, 1.807) is 17.0 Å². The van der Waals surface area contributed by atoms with E-state index in [9.17, 15) is 22.8 Å². The number of carboxylic acid groups (broad SMARTS) is 1. The number of anilines is 3. The van der Waals surface area contributed by atoms with Crippen molar-refractivity contribution in [2.75, 3.05) is 54.4 Å². The third-order valence-corrected chi connectivity index (χ3v) is 8.11. The van der Waals surface area contributed by atoms with Gasteiger partial charge in [-0.3, -0.25) is 14.4 Å². The molecule has 43 heavy (non-hydrogen) atoms. The molecule has 4 heterocycles. The number of carbonyl (C=O) groups excluding carboxylic acids is 2. The Labute approximate surface area is 248 Å². The van der Waals surface area contributed by atoms with Crippen LogP contribution in [0.1, 0.15) is 74.5 Å². The summed E-state index contributed by atoms with van der Waals surface area (Å²) in [5, 5.41) is 9.36. The van der Waals surface area contributed by atoms with E-state index in [1.165, 1.54) is 12.6 Å². The van der Waals surface area contributed by atoms with Crippen molar-refractivity contribution in [2.45, 2.75) is 64.5 Å². The predicted molar refractivity (Wildman–Crippen MR) is 153 cm³/mol. The zero-order valence-corrected chi connectivity index (χ0v) is 24.3. The van der Waals surface area contributed by atoms with Gasteiger partial charge in [0, 0.05) is 45.2 Å². The first-order chi connectivity index (χ1) is 20.6. The minimum Gasteiger partial charge on any atom is -0.483 e. The molecule has 11 nitrogen and oxygen atoms in total. The number of carbonyl (C=O) groups is 3. The summed E-state index contributed by atoms with van der Waals surface area (Å²) in [4.78, 5) is 48.0. The molecule has 0 bridgehead atoms. The summed E-state index contributed by atoms with van der Waals surface area (Å²) in [6, 6.07) is 3.14. The summed E-state index contributed by atoms with van der Waals surface area (Å²) < 4.78 is 46.5. The summed E-state index contributed by atoms with van der Waals surface area (Å²) in [6.45, 7) is 5.53. The molecule has 2 aliphatic heterocycles. The number of alkyl halides is 3. The van der Waals surface area contributed by atoms with Crippen LogP contribution in [-0.2, 0) is 15.8 Å². The number of halogens is 3. The lowest BCUT2D eigenvalue weighted by Gasteiger charge is -2.29. The van der Waals surface area contributed by atoms with Crippen molar-refractivity contribution in [3.63, 3.8) is 0 Å². The smallest absolute Gasteiger partial charge is 0.437 e. The van der Waals surface area contributed by atoms with Crippen molar-refractivity contribution in [3.8, 4) is 0 Å². The monoisotopic (exact) mass is 608 g/mol. The van der Waals surface area contributed by atoms with Crippen LogP contribution in [0.5, 0.6) is 0 Å². The van der Waals surface area contributed by atoms with Crippen molar-refractivity contribution in [2.24, 2.45) is 11.8 Å². The second kappa shape index (κ2) is 14.6. The maximum atomic E-state index is 13.7. The van der Waals surface area contributed by atoms with Gasteiger partial charge in [-0.05, 0) is 50.2 Å². The van der Waals surface area contributed by atoms with Crippen LogP contribution in [0.25, 0.3) is 0 Å². The van der Waals surface area contributed by atoms with Crippen LogP contribution in [0.4, 0.5) is 30.7 Å². The Morgan fingerprint density at radius 1 is 1.00 bits per heavy atom. The van der Waals surface area contributed by atoms with E-state index in [1.807, 2.05) is 11.8 Å². The molecule has 1 aliphatic carbocycles. The van der Waals surface area contributed by atoms with Crippen LogP contribution in [0.3, 0.4) is 0 Å². The Bertz CT molecular complexity index is 1230. The Hall–Kier alpha value is -3.84. The Balaban J connectivity index is 0.00000135. The molecular weight excluding hydrogens is 569 g/mol. The average molecular weight is 609 g/mol. The van der Waals surface area contributed by atoms with Gasteiger partial charge in [0.05, 0.1) is 11.9 Å². The van der Waals surface area contributed by atoms with Gasteiger partial charge in [0.15, 0.2) is 5.69 Å². The fraction of sp³-hybridized carbons (Fsp3) is 0.621. The Morgan fingerprint density at radius 2 is 1.72 bits per heavy atom. The highest BCUT2D eigenvalue weighted by atomic mass is 19.4. The van der Waals surface area contributed by atoms with E-state index >= 15 is 0 Å².